The molecule has 0 radical (unpaired) electrons. The van der Waals surface area contributed by atoms with Gasteiger partial charge >= 0.3 is 0 Å². The zero-order valence-corrected chi connectivity index (χ0v) is 19.5. The number of pyridine rings is 2. The van der Waals surface area contributed by atoms with Gasteiger partial charge in [-0.05, 0) is 108 Å². The number of hydrogen-bond acceptors (Lipinski definition) is 3. The first kappa shape index (κ1) is 20.9. The highest BCUT2D eigenvalue weighted by molar-refractivity contribution is 5.92. The molecule has 0 saturated carbocycles. The summed E-state index contributed by atoms with van der Waals surface area (Å²) in [4.78, 5) is 9.10. The topological polar surface area (TPSA) is 37.8 Å². The van der Waals surface area contributed by atoms with Crippen molar-refractivity contribution in [1.82, 2.24) is 15.3 Å². The van der Waals surface area contributed by atoms with Crippen molar-refractivity contribution in [2.75, 3.05) is 0 Å². The molecule has 1 aromatic carbocycles. The van der Waals surface area contributed by atoms with Crippen LogP contribution < -0.4 is 15.8 Å². The molecule has 2 aliphatic rings. The Labute approximate surface area is 194 Å². The molecule has 3 heterocycles. The average Bonchev–Trinajstić information content (AvgIpc) is 3.07. The third-order valence-electron chi connectivity index (χ3n) is 6.70. The molecule has 0 saturated heterocycles. The zero-order valence-electron chi connectivity index (χ0n) is 19.5. The van der Waals surface area contributed by atoms with Crippen molar-refractivity contribution in [3.05, 3.63) is 129 Å². The second-order valence-corrected chi connectivity index (χ2v) is 8.58. The van der Waals surface area contributed by atoms with E-state index < -0.39 is 0 Å². The Hall–Kier alpha value is -3.98. The lowest BCUT2D eigenvalue weighted by Gasteiger charge is -2.19. The van der Waals surface area contributed by atoms with Gasteiger partial charge in [0.05, 0.1) is 22.8 Å². The molecule has 162 valence electrons. The average molecular weight is 430 g/mol. The second-order valence-electron chi connectivity index (χ2n) is 8.58. The molecule has 0 unspecified atom stereocenters. The Morgan fingerprint density at radius 2 is 1.03 bits per heavy atom. The Morgan fingerprint density at radius 3 is 1.48 bits per heavy atom. The molecule has 0 amide bonds. The third kappa shape index (κ3) is 3.87. The molecule has 5 rings (SSSR count). The normalized spacial score (nSPS) is 16.1. The van der Waals surface area contributed by atoms with Crippen molar-refractivity contribution < 1.29 is 0 Å². The fourth-order valence-corrected chi connectivity index (χ4v) is 4.54. The summed E-state index contributed by atoms with van der Waals surface area (Å²) in [6.45, 7) is 8.89. The van der Waals surface area contributed by atoms with Crippen LogP contribution in [0.4, 0.5) is 0 Å². The lowest BCUT2D eigenvalue weighted by atomic mass is 9.99. The number of nitrogens with one attached hydrogen (secondary N) is 1. The molecule has 1 aliphatic carbocycles. The predicted molar refractivity (Wildman–Crippen MR) is 137 cm³/mol. The first-order valence-corrected chi connectivity index (χ1v) is 11.3. The fourth-order valence-electron chi connectivity index (χ4n) is 4.54. The van der Waals surface area contributed by atoms with Gasteiger partial charge < -0.3 is 5.32 Å². The summed E-state index contributed by atoms with van der Waals surface area (Å²) in [6, 6.07) is 20.8. The summed E-state index contributed by atoms with van der Waals surface area (Å²) in [5.74, 6) is 0. The van der Waals surface area contributed by atoms with Crippen LogP contribution >= 0.6 is 0 Å². The van der Waals surface area contributed by atoms with Crippen LogP contribution in [0.25, 0.3) is 22.5 Å². The van der Waals surface area contributed by atoms with Gasteiger partial charge in [-0.2, -0.15) is 0 Å². The van der Waals surface area contributed by atoms with E-state index in [1.165, 1.54) is 33.1 Å². The lowest BCUT2D eigenvalue weighted by molar-refractivity contribution is 1.13. The van der Waals surface area contributed by atoms with Crippen LogP contribution in [0.1, 0.15) is 39.1 Å². The number of allylic oxidation sites excluding steroid dienone is 6. The maximum atomic E-state index is 4.55. The first-order chi connectivity index (χ1) is 16.0. The van der Waals surface area contributed by atoms with Gasteiger partial charge in [-0.1, -0.05) is 36.4 Å². The molecule has 3 nitrogen and oxygen atoms in total. The fraction of sp³-hybridized carbons (Fsp3) is 0.133. The Bertz CT molecular complexity index is 1380. The van der Waals surface area contributed by atoms with Crippen LogP contribution in [-0.2, 0) is 0 Å². The summed E-state index contributed by atoms with van der Waals surface area (Å²) < 4.78 is 0. The largest absolute Gasteiger partial charge is 0.352 e. The molecule has 0 fully saturated rings. The van der Waals surface area contributed by atoms with E-state index in [2.05, 4.69) is 79.4 Å². The minimum Gasteiger partial charge on any atom is -0.352 e. The maximum absolute atomic E-state index is 4.55. The standard InChI is InChI=1S/C30H27N3/c1-19-20(2)22(4)30(21(19)3)24-13-11-23(12-14-24)25-17-28(26-9-5-7-15-31-26)33-29(18-25)27-10-6-8-16-32-27/h5-18,33H,1-4H3. The molecular weight excluding hydrogens is 402 g/mol. The molecule has 3 aromatic rings. The third-order valence-corrected chi connectivity index (χ3v) is 6.70. The summed E-state index contributed by atoms with van der Waals surface area (Å²) in [5, 5.41) is 5.95. The van der Waals surface area contributed by atoms with Gasteiger partial charge in [0.15, 0.2) is 0 Å². The highest BCUT2D eigenvalue weighted by Crippen LogP contribution is 2.36. The minimum absolute atomic E-state index is 0.905. The van der Waals surface area contributed by atoms with Gasteiger partial charge in [-0.15, -0.1) is 0 Å². The monoisotopic (exact) mass is 429 g/mol. The highest BCUT2D eigenvalue weighted by atomic mass is 15.0. The van der Waals surface area contributed by atoms with E-state index in [0.29, 0.717) is 0 Å². The smallest absolute Gasteiger partial charge is 0.0864 e. The summed E-state index contributed by atoms with van der Waals surface area (Å²) in [6.07, 6.45) is 7.97. The number of dihydropyridines is 1. The van der Waals surface area contributed by atoms with E-state index in [1.54, 1.807) is 0 Å². The number of nitrogens with zero attached hydrogens (tertiary/aromatic N) is 2. The van der Waals surface area contributed by atoms with Crippen molar-refractivity contribution >= 4 is 22.5 Å². The van der Waals surface area contributed by atoms with E-state index >= 15 is 0 Å². The van der Waals surface area contributed by atoms with Gasteiger partial charge in [0, 0.05) is 12.4 Å². The van der Waals surface area contributed by atoms with E-state index in [4.69, 9.17) is 0 Å². The number of aromatic nitrogens is 2. The quantitative estimate of drug-likeness (QED) is 0.612. The summed E-state index contributed by atoms with van der Waals surface area (Å²) in [7, 11) is 0. The molecule has 0 atom stereocenters. The zero-order chi connectivity index (χ0) is 22.9. The van der Waals surface area contributed by atoms with Gasteiger partial charge in [0.25, 0.3) is 0 Å². The van der Waals surface area contributed by atoms with Crippen LogP contribution in [0.3, 0.4) is 0 Å². The molecule has 0 bridgehead atoms. The molecule has 3 heteroatoms. The summed E-state index contributed by atoms with van der Waals surface area (Å²) in [5.41, 5.74) is 11.8. The van der Waals surface area contributed by atoms with Crippen LogP contribution in [0.5, 0.6) is 0 Å². The number of benzene rings is 1. The van der Waals surface area contributed by atoms with Crippen LogP contribution in [0, 0.1) is 0 Å². The molecule has 1 aliphatic heterocycles. The van der Waals surface area contributed by atoms with Crippen molar-refractivity contribution in [3.8, 4) is 0 Å². The number of rotatable bonds is 2. The Kier molecular flexibility index (Phi) is 5.39. The summed E-state index contributed by atoms with van der Waals surface area (Å²) >= 11 is 0. The Morgan fingerprint density at radius 1 is 0.545 bits per heavy atom. The molecule has 1 N–H and O–H groups in total. The van der Waals surface area contributed by atoms with Crippen LogP contribution in [-0.4, -0.2) is 9.97 Å². The highest BCUT2D eigenvalue weighted by Gasteiger charge is 2.18. The van der Waals surface area contributed by atoms with Crippen LogP contribution in [0.2, 0.25) is 0 Å². The van der Waals surface area contributed by atoms with Gasteiger partial charge in [-0.3, -0.25) is 9.97 Å². The predicted octanol–water partition coefficient (Wildman–Crippen LogP) is 5.15. The van der Waals surface area contributed by atoms with Gasteiger partial charge in [-0.25, -0.2) is 0 Å². The van der Waals surface area contributed by atoms with E-state index in [1.807, 2.05) is 48.8 Å². The maximum Gasteiger partial charge on any atom is 0.0864 e. The second kappa shape index (κ2) is 8.51. The van der Waals surface area contributed by atoms with Crippen molar-refractivity contribution in [1.29, 1.82) is 0 Å². The van der Waals surface area contributed by atoms with Gasteiger partial charge in [0.1, 0.15) is 0 Å². The van der Waals surface area contributed by atoms with E-state index in [9.17, 15) is 0 Å². The lowest BCUT2D eigenvalue weighted by Crippen LogP contribution is -2.19. The first-order valence-electron chi connectivity index (χ1n) is 11.3. The van der Waals surface area contributed by atoms with Crippen molar-refractivity contribution in [2.45, 2.75) is 27.7 Å². The molecule has 33 heavy (non-hydrogen) atoms. The Balaban J connectivity index is 1.68. The minimum atomic E-state index is 0.905. The molecular formula is C30H27N3. The van der Waals surface area contributed by atoms with Crippen molar-refractivity contribution in [2.24, 2.45) is 0 Å². The van der Waals surface area contributed by atoms with Crippen molar-refractivity contribution in [3.63, 3.8) is 0 Å². The van der Waals surface area contributed by atoms with Gasteiger partial charge in [0.2, 0.25) is 0 Å². The van der Waals surface area contributed by atoms with E-state index in [-0.39, 0.29) is 0 Å². The SMILES string of the molecule is CC1=C(C)C(=c2ccc(=C3C=C(c4ccccn4)NC(c4ccccn4)=C3)cc2)C(C)=C1C. The van der Waals surface area contributed by atoms with Crippen LogP contribution in [0.15, 0.2) is 108 Å². The number of hydrogen-bond donors (Lipinski definition) is 1. The van der Waals surface area contributed by atoms with E-state index in [0.717, 1.165) is 33.6 Å². The molecule has 0 spiro atoms. The molecule has 2 aromatic heterocycles.